The predicted octanol–water partition coefficient (Wildman–Crippen LogP) is -1.49. The zero-order valence-corrected chi connectivity index (χ0v) is 6.97. The molecule has 66 valence electrons. The maximum Gasteiger partial charge on any atom is 0.321 e. The van der Waals surface area contributed by atoms with Gasteiger partial charge in [0, 0.05) is 0 Å². The van der Waals surface area contributed by atoms with E-state index in [2.05, 4.69) is 5.43 Å². The lowest BCUT2D eigenvalue weighted by molar-refractivity contribution is -0.139. The van der Waals surface area contributed by atoms with Crippen molar-refractivity contribution in [3.63, 3.8) is 0 Å². The minimum absolute atomic E-state index is 0.925. The third-order valence-corrected chi connectivity index (χ3v) is 1.32. The lowest BCUT2D eigenvalue weighted by Gasteiger charge is -2.07. The first-order valence-electron chi connectivity index (χ1n) is 2.78. The van der Waals surface area contributed by atoms with Gasteiger partial charge in [0.15, 0.2) is 0 Å². The van der Waals surface area contributed by atoms with E-state index in [1.165, 1.54) is 6.92 Å². The molecule has 0 bridgehead atoms. The van der Waals surface area contributed by atoms with E-state index in [4.69, 9.17) is 5.11 Å². The minimum atomic E-state index is -3.38. The van der Waals surface area contributed by atoms with Crippen molar-refractivity contribution in [1.82, 2.24) is 10.3 Å². The van der Waals surface area contributed by atoms with E-state index in [0.29, 0.717) is 0 Å². The highest BCUT2D eigenvalue weighted by molar-refractivity contribution is 7.88. The van der Waals surface area contributed by atoms with E-state index in [9.17, 15) is 13.2 Å². The van der Waals surface area contributed by atoms with Crippen LogP contribution in [0.25, 0.3) is 0 Å². The van der Waals surface area contributed by atoms with Crippen LogP contribution in [0.4, 0.5) is 0 Å². The second-order valence-corrected chi connectivity index (χ2v) is 3.83. The summed E-state index contributed by atoms with van der Waals surface area (Å²) in [4.78, 5) is 12.0. The summed E-state index contributed by atoms with van der Waals surface area (Å²) in [6.45, 7) is 1.32. The Kier molecular flexibility index (Phi) is 3.43. The average molecular weight is 182 g/mol. The molecule has 1 atom stereocenters. The van der Waals surface area contributed by atoms with Gasteiger partial charge in [0.2, 0.25) is 10.0 Å². The van der Waals surface area contributed by atoms with Gasteiger partial charge in [0.25, 0.3) is 0 Å². The quantitative estimate of drug-likeness (QED) is 0.460. The molecule has 0 saturated carbocycles. The van der Waals surface area contributed by atoms with Gasteiger partial charge in [0.1, 0.15) is 6.04 Å². The van der Waals surface area contributed by atoms with Gasteiger partial charge >= 0.3 is 5.97 Å². The van der Waals surface area contributed by atoms with Crippen molar-refractivity contribution < 1.29 is 18.3 Å². The number of hydrogen-bond acceptors (Lipinski definition) is 4. The van der Waals surface area contributed by atoms with E-state index in [1.54, 1.807) is 0 Å². The second-order valence-electron chi connectivity index (χ2n) is 2.08. The minimum Gasteiger partial charge on any atom is -0.480 e. The summed E-state index contributed by atoms with van der Waals surface area (Å²) in [7, 11) is -3.38. The molecule has 0 heterocycles. The molecule has 11 heavy (non-hydrogen) atoms. The van der Waals surface area contributed by atoms with Gasteiger partial charge in [-0.3, -0.25) is 4.79 Å². The number of nitrogens with one attached hydrogen (secondary N) is 2. The van der Waals surface area contributed by atoms with Crippen molar-refractivity contribution in [3.8, 4) is 0 Å². The molecule has 0 saturated heterocycles. The molecule has 0 fully saturated rings. The zero-order valence-electron chi connectivity index (χ0n) is 6.16. The highest BCUT2D eigenvalue weighted by Crippen LogP contribution is 1.78. The third kappa shape index (κ3) is 5.77. The molecule has 3 N–H and O–H groups in total. The van der Waals surface area contributed by atoms with Crippen molar-refractivity contribution in [3.05, 3.63) is 0 Å². The summed E-state index contributed by atoms with van der Waals surface area (Å²) >= 11 is 0. The number of carbonyl (C=O) groups is 1. The number of carboxylic acid groups (broad SMARTS) is 1. The highest BCUT2D eigenvalue weighted by atomic mass is 32.2. The molecular formula is C4H10N2O4S. The molecule has 0 aromatic rings. The zero-order chi connectivity index (χ0) is 9.07. The maximum atomic E-state index is 10.4. The Balaban J connectivity index is 3.82. The molecule has 0 radical (unpaired) electrons. The predicted molar refractivity (Wildman–Crippen MR) is 38.2 cm³/mol. The fourth-order valence-electron chi connectivity index (χ4n) is 0.257. The summed E-state index contributed by atoms with van der Waals surface area (Å²) in [6, 6.07) is -0.940. The largest absolute Gasteiger partial charge is 0.480 e. The van der Waals surface area contributed by atoms with Gasteiger partial charge < -0.3 is 5.11 Å². The van der Waals surface area contributed by atoms with E-state index >= 15 is 0 Å². The lowest BCUT2D eigenvalue weighted by atomic mass is 10.4. The van der Waals surface area contributed by atoms with Gasteiger partial charge in [-0.1, -0.05) is 0 Å². The van der Waals surface area contributed by atoms with E-state index in [-0.39, 0.29) is 0 Å². The summed E-state index contributed by atoms with van der Waals surface area (Å²) in [6.07, 6.45) is 0.925. The first kappa shape index (κ1) is 10.3. The van der Waals surface area contributed by atoms with Gasteiger partial charge in [-0.15, -0.1) is 0 Å². The first-order chi connectivity index (χ1) is 4.83. The van der Waals surface area contributed by atoms with Crippen LogP contribution < -0.4 is 10.3 Å². The van der Waals surface area contributed by atoms with Gasteiger partial charge in [-0.05, 0) is 6.92 Å². The molecule has 0 rings (SSSR count). The molecule has 6 nitrogen and oxygen atoms in total. The molecule has 0 aliphatic heterocycles. The third-order valence-electron chi connectivity index (χ3n) is 0.831. The maximum absolute atomic E-state index is 10.4. The Morgan fingerprint density at radius 1 is 1.55 bits per heavy atom. The number of aliphatic carboxylic acids is 1. The van der Waals surface area contributed by atoms with Crippen LogP contribution >= 0.6 is 0 Å². The normalized spacial score (nSPS) is 14.4. The van der Waals surface area contributed by atoms with Crippen LogP contribution in [0.1, 0.15) is 6.92 Å². The number of sulfonamides is 1. The Morgan fingerprint density at radius 3 is 2.27 bits per heavy atom. The van der Waals surface area contributed by atoms with Gasteiger partial charge in [-0.25, -0.2) is 13.8 Å². The average Bonchev–Trinajstić information content (AvgIpc) is 1.80. The van der Waals surface area contributed by atoms with Crippen LogP contribution in [0.3, 0.4) is 0 Å². The SMILES string of the molecule is C[C@H](NNS(C)(=O)=O)C(=O)O. The van der Waals surface area contributed by atoms with Crippen LogP contribution in [0.15, 0.2) is 0 Å². The number of carboxylic acids is 1. The Morgan fingerprint density at radius 2 is 2.00 bits per heavy atom. The van der Waals surface area contributed by atoms with Gasteiger partial charge in [-0.2, -0.15) is 4.83 Å². The Labute approximate surface area is 64.6 Å². The Hall–Kier alpha value is -0.660. The molecule has 0 spiro atoms. The van der Waals surface area contributed by atoms with Crippen molar-refractivity contribution in [2.45, 2.75) is 13.0 Å². The summed E-state index contributed by atoms with van der Waals surface area (Å²) in [5.41, 5.74) is 2.08. The molecule has 0 amide bonds. The van der Waals surface area contributed by atoms with Crippen molar-refractivity contribution >= 4 is 16.0 Å². The molecule has 0 aromatic carbocycles. The van der Waals surface area contributed by atoms with Crippen LogP contribution in [0, 0.1) is 0 Å². The molecule has 0 aliphatic rings. The molecule has 0 aliphatic carbocycles. The Bertz CT molecular complexity index is 234. The molecule has 0 unspecified atom stereocenters. The van der Waals surface area contributed by atoms with Crippen LogP contribution in [-0.2, 0) is 14.8 Å². The molecule has 0 aromatic heterocycles. The topological polar surface area (TPSA) is 95.5 Å². The second kappa shape index (κ2) is 3.65. The van der Waals surface area contributed by atoms with Crippen molar-refractivity contribution in [2.75, 3.05) is 6.26 Å². The van der Waals surface area contributed by atoms with E-state index in [0.717, 1.165) is 6.26 Å². The van der Waals surface area contributed by atoms with Crippen LogP contribution in [-0.4, -0.2) is 31.8 Å². The van der Waals surface area contributed by atoms with E-state index < -0.39 is 22.0 Å². The van der Waals surface area contributed by atoms with Crippen LogP contribution in [0.5, 0.6) is 0 Å². The van der Waals surface area contributed by atoms with Crippen LogP contribution in [0.2, 0.25) is 0 Å². The summed E-state index contributed by atoms with van der Waals surface area (Å²) < 4.78 is 20.8. The number of rotatable bonds is 4. The fourth-order valence-corrected chi connectivity index (χ4v) is 0.648. The van der Waals surface area contributed by atoms with Crippen molar-refractivity contribution in [1.29, 1.82) is 0 Å². The van der Waals surface area contributed by atoms with Crippen molar-refractivity contribution in [2.24, 2.45) is 0 Å². The highest BCUT2D eigenvalue weighted by Gasteiger charge is 2.11. The molecular weight excluding hydrogens is 172 g/mol. The monoisotopic (exact) mass is 182 g/mol. The standard InChI is InChI=1S/C4H10N2O4S/c1-3(4(7)8)5-6-11(2,9)10/h3,5-6H,1-2H3,(H,7,8)/t3-/m0/s1. The molecule has 7 heteroatoms. The summed E-state index contributed by atoms with van der Waals surface area (Å²) in [5.74, 6) is -1.12. The summed E-state index contributed by atoms with van der Waals surface area (Å²) in [5, 5.41) is 8.28. The lowest BCUT2D eigenvalue weighted by Crippen LogP contribution is -2.45. The first-order valence-corrected chi connectivity index (χ1v) is 4.67. The number of hydrazine groups is 1. The fraction of sp³-hybridized carbons (Fsp3) is 0.750. The smallest absolute Gasteiger partial charge is 0.321 e. The number of hydrogen-bond donors (Lipinski definition) is 3. The van der Waals surface area contributed by atoms with Gasteiger partial charge in [0.05, 0.1) is 6.26 Å². The van der Waals surface area contributed by atoms with E-state index in [1.807, 2.05) is 4.83 Å².